The second-order valence-electron chi connectivity index (χ2n) is 12.5. The van der Waals surface area contributed by atoms with Gasteiger partial charge < -0.3 is 9.80 Å². The molecule has 0 atom stereocenters. The van der Waals surface area contributed by atoms with Gasteiger partial charge >= 0.3 is 0 Å². The molecule has 1 amide bonds. The maximum atomic E-state index is 12.7. The van der Waals surface area contributed by atoms with Gasteiger partial charge in [-0.25, -0.2) is 9.97 Å². The molecule has 0 radical (unpaired) electrons. The van der Waals surface area contributed by atoms with Gasteiger partial charge in [-0.05, 0) is 31.5 Å². The number of nitrogens with zero attached hydrogens (tertiary/aromatic N) is 5. The van der Waals surface area contributed by atoms with Gasteiger partial charge in [0.1, 0.15) is 11.6 Å². The largest absolute Gasteiger partial charge is 0.354 e. The van der Waals surface area contributed by atoms with Crippen LogP contribution in [0.25, 0.3) is 0 Å². The number of para-hydroxylation sites is 1. The average molecular weight is 506 g/mol. The SMILES string of the molecule is CC(C)(C)c1cc(N2CCN(CCCCN3C(=O)CCC(=O)c4ccccc43)CC2)nc(C(C)(C)C)n1. The second-order valence-corrected chi connectivity index (χ2v) is 12.5. The van der Waals surface area contributed by atoms with Gasteiger partial charge in [0.25, 0.3) is 0 Å². The highest BCUT2D eigenvalue weighted by molar-refractivity contribution is 6.10. The van der Waals surface area contributed by atoms with Crippen LogP contribution in [0.1, 0.15) is 89.1 Å². The first-order valence-electron chi connectivity index (χ1n) is 13.7. The van der Waals surface area contributed by atoms with Crippen LogP contribution in [0.15, 0.2) is 30.3 Å². The van der Waals surface area contributed by atoms with Crippen molar-refractivity contribution < 1.29 is 9.59 Å². The molecule has 200 valence electrons. The van der Waals surface area contributed by atoms with Crippen molar-refractivity contribution in [3.05, 3.63) is 47.4 Å². The van der Waals surface area contributed by atoms with Crippen molar-refractivity contribution in [2.45, 2.75) is 78.1 Å². The predicted octanol–water partition coefficient (Wildman–Crippen LogP) is 4.98. The number of hydrogen-bond donors (Lipinski definition) is 0. The van der Waals surface area contributed by atoms with Crippen LogP contribution in [0.5, 0.6) is 0 Å². The molecule has 0 bridgehead atoms. The van der Waals surface area contributed by atoms with E-state index >= 15 is 0 Å². The van der Waals surface area contributed by atoms with Crippen molar-refractivity contribution in [1.29, 1.82) is 0 Å². The number of carbonyl (C=O) groups is 2. The molecule has 4 rings (SSSR count). The first-order chi connectivity index (χ1) is 17.4. The molecule has 0 saturated carbocycles. The van der Waals surface area contributed by atoms with Crippen LogP contribution in [0, 0.1) is 0 Å². The number of anilines is 2. The van der Waals surface area contributed by atoms with Crippen LogP contribution in [-0.4, -0.2) is 65.8 Å². The van der Waals surface area contributed by atoms with Crippen molar-refractivity contribution >= 4 is 23.2 Å². The van der Waals surface area contributed by atoms with Crippen LogP contribution in [0.3, 0.4) is 0 Å². The third-order valence-corrected chi connectivity index (χ3v) is 7.32. The number of rotatable bonds is 6. The van der Waals surface area contributed by atoms with Crippen LogP contribution in [-0.2, 0) is 15.6 Å². The molecule has 2 aliphatic heterocycles. The van der Waals surface area contributed by atoms with Crippen LogP contribution >= 0.6 is 0 Å². The molecular formula is C30H43N5O2. The van der Waals surface area contributed by atoms with Gasteiger partial charge in [-0.15, -0.1) is 0 Å². The summed E-state index contributed by atoms with van der Waals surface area (Å²) in [6.45, 7) is 18.7. The summed E-state index contributed by atoms with van der Waals surface area (Å²) in [5, 5.41) is 0. The molecule has 2 aliphatic rings. The first kappa shape index (κ1) is 27.2. The van der Waals surface area contributed by atoms with Crippen molar-refractivity contribution in [2.24, 2.45) is 0 Å². The van der Waals surface area contributed by atoms with Crippen LogP contribution < -0.4 is 9.80 Å². The maximum absolute atomic E-state index is 12.7. The van der Waals surface area contributed by atoms with E-state index in [1.165, 1.54) is 0 Å². The van der Waals surface area contributed by atoms with Gasteiger partial charge in [0.15, 0.2) is 5.78 Å². The summed E-state index contributed by atoms with van der Waals surface area (Å²) in [4.78, 5) is 41.7. The monoisotopic (exact) mass is 505 g/mol. The zero-order valence-corrected chi connectivity index (χ0v) is 23.5. The Morgan fingerprint density at radius 1 is 0.811 bits per heavy atom. The lowest BCUT2D eigenvalue weighted by molar-refractivity contribution is -0.118. The number of unbranched alkanes of at least 4 members (excludes halogenated alkanes) is 1. The van der Waals surface area contributed by atoms with E-state index in [0.717, 1.165) is 68.6 Å². The summed E-state index contributed by atoms with van der Waals surface area (Å²) < 4.78 is 0. The number of carbonyl (C=O) groups excluding carboxylic acids is 2. The van der Waals surface area contributed by atoms with E-state index in [2.05, 4.69) is 57.4 Å². The van der Waals surface area contributed by atoms with Gasteiger partial charge in [-0.1, -0.05) is 53.7 Å². The van der Waals surface area contributed by atoms with Gasteiger partial charge in [0.05, 0.1) is 11.4 Å². The molecule has 2 aromatic rings. The van der Waals surface area contributed by atoms with E-state index in [1.54, 1.807) is 0 Å². The summed E-state index contributed by atoms with van der Waals surface area (Å²) in [5.74, 6) is 2.07. The molecule has 0 unspecified atom stereocenters. The van der Waals surface area contributed by atoms with E-state index in [-0.39, 0.29) is 22.5 Å². The van der Waals surface area contributed by atoms with Crippen LogP contribution in [0.4, 0.5) is 11.5 Å². The molecule has 0 spiro atoms. The number of amides is 1. The fourth-order valence-corrected chi connectivity index (χ4v) is 4.94. The maximum Gasteiger partial charge on any atom is 0.227 e. The van der Waals surface area contributed by atoms with Gasteiger partial charge in [-0.2, -0.15) is 0 Å². The Morgan fingerprint density at radius 2 is 1.49 bits per heavy atom. The van der Waals surface area contributed by atoms with E-state index in [1.807, 2.05) is 29.2 Å². The molecule has 7 nitrogen and oxygen atoms in total. The summed E-state index contributed by atoms with van der Waals surface area (Å²) in [6.07, 6.45) is 2.55. The average Bonchev–Trinajstić information content (AvgIpc) is 2.97. The molecule has 0 aliphatic carbocycles. The zero-order valence-electron chi connectivity index (χ0n) is 23.5. The van der Waals surface area contributed by atoms with Crippen LogP contribution in [0.2, 0.25) is 0 Å². The Balaban J connectivity index is 1.31. The van der Waals surface area contributed by atoms with Crippen molar-refractivity contribution in [3.63, 3.8) is 0 Å². The minimum absolute atomic E-state index is 0.0257. The summed E-state index contributed by atoms with van der Waals surface area (Å²) in [6, 6.07) is 9.70. The molecule has 1 aromatic carbocycles. The van der Waals surface area contributed by atoms with E-state index in [4.69, 9.17) is 9.97 Å². The van der Waals surface area contributed by atoms with E-state index < -0.39 is 0 Å². The lowest BCUT2D eigenvalue weighted by Crippen LogP contribution is -2.47. The van der Waals surface area contributed by atoms with Gasteiger partial charge in [0, 0.05) is 68.0 Å². The Morgan fingerprint density at radius 3 is 2.16 bits per heavy atom. The number of Topliss-reactive ketones (excluding diaryl/α,β-unsaturated/α-hetero) is 1. The normalized spacial score (nSPS) is 17.7. The lowest BCUT2D eigenvalue weighted by atomic mass is 9.90. The smallest absolute Gasteiger partial charge is 0.227 e. The number of piperazine rings is 1. The minimum Gasteiger partial charge on any atom is -0.354 e. The highest BCUT2D eigenvalue weighted by atomic mass is 16.2. The zero-order chi connectivity index (χ0) is 26.8. The quantitative estimate of drug-likeness (QED) is 0.516. The molecule has 3 heterocycles. The fraction of sp³-hybridized carbons (Fsp3) is 0.600. The molecule has 37 heavy (non-hydrogen) atoms. The van der Waals surface area contributed by atoms with Gasteiger partial charge in [-0.3, -0.25) is 14.5 Å². The number of hydrogen-bond acceptors (Lipinski definition) is 6. The number of ketones is 1. The predicted molar refractivity (Wildman–Crippen MR) is 150 cm³/mol. The topological polar surface area (TPSA) is 69.6 Å². The highest BCUT2D eigenvalue weighted by Gasteiger charge is 2.28. The molecule has 1 fully saturated rings. The van der Waals surface area contributed by atoms with Crippen molar-refractivity contribution in [3.8, 4) is 0 Å². The number of benzene rings is 1. The Labute approximate surface area is 222 Å². The van der Waals surface area contributed by atoms with E-state index in [9.17, 15) is 9.59 Å². The molecule has 1 saturated heterocycles. The highest BCUT2D eigenvalue weighted by Crippen LogP contribution is 2.29. The first-order valence-corrected chi connectivity index (χ1v) is 13.7. The summed E-state index contributed by atoms with van der Waals surface area (Å²) in [7, 11) is 0. The van der Waals surface area contributed by atoms with E-state index in [0.29, 0.717) is 24.9 Å². The summed E-state index contributed by atoms with van der Waals surface area (Å²) in [5.41, 5.74) is 2.43. The second kappa shape index (κ2) is 10.9. The Hall–Kier alpha value is -2.80. The summed E-state index contributed by atoms with van der Waals surface area (Å²) >= 11 is 0. The molecular weight excluding hydrogens is 462 g/mol. The Kier molecular flexibility index (Phi) is 8.02. The van der Waals surface area contributed by atoms with Crippen molar-refractivity contribution in [1.82, 2.24) is 14.9 Å². The standard InChI is InChI=1S/C30H43N5O2/c1-29(2,3)25-21-26(32-28(31-25)30(4,5)6)34-19-17-33(18-20-34)15-9-10-16-35-23-12-8-7-11-22(23)24(36)13-14-27(35)37/h7-8,11-12,21H,9-10,13-20H2,1-6H3. The molecule has 0 N–H and O–H groups in total. The third kappa shape index (κ3) is 6.56. The minimum atomic E-state index is -0.0968. The Bertz CT molecular complexity index is 1090. The van der Waals surface area contributed by atoms with Crippen molar-refractivity contribution in [2.75, 3.05) is 49.1 Å². The number of aromatic nitrogens is 2. The number of fused-ring (bicyclic) bond motifs is 1. The fourth-order valence-electron chi connectivity index (χ4n) is 4.94. The lowest BCUT2D eigenvalue weighted by Gasteiger charge is -2.36. The molecule has 7 heteroatoms. The van der Waals surface area contributed by atoms with Gasteiger partial charge in [0.2, 0.25) is 5.91 Å². The third-order valence-electron chi connectivity index (χ3n) is 7.32. The molecule has 1 aromatic heterocycles.